The van der Waals surface area contributed by atoms with E-state index in [-0.39, 0.29) is 10.9 Å². The molecule has 1 aliphatic rings. The summed E-state index contributed by atoms with van der Waals surface area (Å²) < 4.78 is 22.1. The Balaban J connectivity index is 1.61. The molecule has 0 N–H and O–H groups in total. The van der Waals surface area contributed by atoms with E-state index in [2.05, 4.69) is 4.57 Å². The predicted molar refractivity (Wildman–Crippen MR) is 124 cm³/mol. The Kier molecular flexibility index (Phi) is 5.19. The summed E-state index contributed by atoms with van der Waals surface area (Å²) in [5.41, 5.74) is 4.08. The molecule has 6 heteroatoms. The number of hydrogen-bond donors (Lipinski definition) is 0. The van der Waals surface area contributed by atoms with Crippen molar-refractivity contribution < 1.29 is 13.9 Å². The molecule has 4 nitrogen and oxygen atoms in total. The van der Waals surface area contributed by atoms with Crippen molar-refractivity contribution in [2.75, 3.05) is 12.0 Å². The van der Waals surface area contributed by atoms with Crippen molar-refractivity contribution in [1.29, 1.82) is 0 Å². The van der Waals surface area contributed by atoms with Gasteiger partial charge in [-0.05, 0) is 42.0 Å². The van der Waals surface area contributed by atoms with E-state index in [1.807, 2.05) is 42.6 Å². The van der Waals surface area contributed by atoms with Gasteiger partial charge in [0.2, 0.25) is 0 Å². The average Bonchev–Trinajstić information content (AvgIpc) is 3.18. The van der Waals surface area contributed by atoms with Crippen LogP contribution in [0.5, 0.6) is 5.75 Å². The van der Waals surface area contributed by atoms with Gasteiger partial charge < -0.3 is 14.2 Å². The van der Waals surface area contributed by atoms with Crippen molar-refractivity contribution in [3.63, 3.8) is 0 Å². The van der Waals surface area contributed by atoms with Gasteiger partial charge in [0.05, 0.1) is 19.2 Å². The summed E-state index contributed by atoms with van der Waals surface area (Å²) in [4.78, 5) is 15.5. The fourth-order valence-corrected chi connectivity index (χ4v) is 4.45. The third kappa shape index (κ3) is 3.45. The van der Waals surface area contributed by atoms with E-state index in [0.29, 0.717) is 35.5 Å². The lowest BCUT2D eigenvalue weighted by molar-refractivity contribution is 0.0982. The monoisotopic (exact) mass is 446 g/mol. The normalized spacial score (nSPS) is 12.7. The highest BCUT2D eigenvalue weighted by Gasteiger charge is 2.28. The summed E-state index contributed by atoms with van der Waals surface area (Å²) in [7, 11) is 1.49. The maximum Gasteiger partial charge on any atom is 0.262 e. The van der Waals surface area contributed by atoms with Gasteiger partial charge >= 0.3 is 0 Å². The average molecular weight is 447 g/mol. The van der Waals surface area contributed by atoms with Gasteiger partial charge in [0.15, 0.2) is 0 Å². The summed E-state index contributed by atoms with van der Waals surface area (Å²) in [6.45, 7) is 1.10. The van der Waals surface area contributed by atoms with Crippen molar-refractivity contribution in [3.8, 4) is 16.9 Å². The van der Waals surface area contributed by atoms with Crippen molar-refractivity contribution in [1.82, 2.24) is 4.57 Å². The molecule has 0 atom stereocenters. The van der Waals surface area contributed by atoms with Gasteiger partial charge in [0, 0.05) is 40.3 Å². The second-order valence-corrected chi connectivity index (χ2v) is 8.07. The lowest BCUT2D eigenvalue weighted by Crippen LogP contribution is -2.31. The Morgan fingerprint density at radius 2 is 1.75 bits per heavy atom. The number of carbonyl (C=O) groups excluding carboxylic acids is 1. The molecule has 0 aliphatic carbocycles. The van der Waals surface area contributed by atoms with E-state index >= 15 is 0 Å². The maximum absolute atomic E-state index is 14.4. The fraction of sp³-hybridized carbons (Fsp3) is 0.115. The maximum atomic E-state index is 14.4. The van der Waals surface area contributed by atoms with Gasteiger partial charge in [-0.3, -0.25) is 4.79 Å². The molecule has 2 heterocycles. The van der Waals surface area contributed by atoms with Gasteiger partial charge in [0.1, 0.15) is 11.6 Å². The van der Waals surface area contributed by atoms with Crippen LogP contribution in [0.3, 0.4) is 0 Å². The first-order valence-corrected chi connectivity index (χ1v) is 10.6. The van der Waals surface area contributed by atoms with E-state index < -0.39 is 5.82 Å². The van der Waals surface area contributed by atoms with Crippen LogP contribution in [0.1, 0.15) is 21.6 Å². The zero-order valence-electron chi connectivity index (χ0n) is 17.4. The number of amides is 1. The summed E-state index contributed by atoms with van der Waals surface area (Å²) in [6.07, 6.45) is 2.01. The molecule has 0 saturated carbocycles. The quantitative estimate of drug-likeness (QED) is 0.377. The molecule has 0 bridgehead atoms. The molecule has 32 heavy (non-hydrogen) atoms. The highest BCUT2D eigenvalue weighted by molar-refractivity contribution is 6.34. The SMILES string of the molecule is COc1cc(-c2ccccc2F)c(Cl)cc1C(=O)N1Cc2cccn2Cc2ccccc21. The van der Waals surface area contributed by atoms with Crippen molar-refractivity contribution >= 4 is 23.2 Å². The highest BCUT2D eigenvalue weighted by atomic mass is 35.5. The molecule has 0 saturated heterocycles. The molecular formula is C26H20ClFN2O2. The Labute approximate surface area is 190 Å². The van der Waals surface area contributed by atoms with Gasteiger partial charge in [-0.15, -0.1) is 0 Å². The lowest BCUT2D eigenvalue weighted by atomic mass is 10.0. The second-order valence-electron chi connectivity index (χ2n) is 7.66. The molecule has 0 fully saturated rings. The van der Waals surface area contributed by atoms with Crippen LogP contribution in [0.4, 0.5) is 10.1 Å². The number of fused-ring (bicyclic) bond motifs is 2. The molecule has 1 aromatic heterocycles. The minimum absolute atomic E-state index is 0.231. The minimum Gasteiger partial charge on any atom is -0.496 e. The van der Waals surface area contributed by atoms with Gasteiger partial charge in [-0.1, -0.05) is 48.0 Å². The number of aromatic nitrogens is 1. The number of rotatable bonds is 3. The topological polar surface area (TPSA) is 34.5 Å². The van der Waals surface area contributed by atoms with Crippen molar-refractivity contribution in [3.05, 3.63) is 107 Å². The molecule has 4 aromatic rings. The standard InChI is InChI=1S/C26H20ClFN2O2/c1-32-25-14-20(19-9-3-4-10-23(19)28)22(27)13-21(25)26(31)30-16-18-8-6-12-29(18)15-17-7-2-5-11-24(17)30/h2-14H,15-16H2,1H3. The molecule has 0 radical (unpaired) electrons. The van der Waals surface area contributed by atoms with Crippen LogP contribution in [0, 0.1) is 5.82 Å². The van der Waals surface area contributed by atoms with Crippen LogP contribution in [0.2, 0.25) is 5.02 Å². The number of para-hydroxylation sites is 1. The Morgan fingerprint density at radius 1 is 0.969 bits per heavy atom. The number of benzene rings is 3. The van der Waals surface area contributed by atoms with E-state index in [9.17, 15) is 9.18 Å². The molecule has 0 unspecified atom stereocenters. The number of methoxy groups -OCH3 is 1. The number of carbonyl (C=O) groups is 1. The van der Waals surface area contributed by atoms with Crippen LogP contribution in [-0.4, -0.2) is 17.6 Å². The van der Waals surface area contributed by atoms with Crippen LogP contribution in [0.15, 0.2) is 79.0 Å². The molecule has 5 rings (SSSR count). The van der Waals surface area contributed by atoms with Crippen molar-refractivity contribution in [2.45, 2.75) is 13.1 Å². The Hall–Kier alpha value is -3.57. The third-order valence-corrected chi connectivity index (χ3v) is 6.11. The van der Waals surface area contributed by atoms with Gasteiger partial charge in [0.25, 0.3) is 5.91 Å². The molecular weight excluding hydrogens is 427 g/mol. The van der Waals surface area contributed by atoms with Crippen LogP contribution in [0.25, 0.3) is 11.1 Å². The number of ether oxygens (including phenoxy) is 1. The molecule has 160 valence electrons. The number of nitrogens with zero attached hydrogens (tertiary/aromatic N) is 2. The molecule has 0 spiro atoms. The number of hydrogen-bond acceptors (Lipinski definition) is 2. The smallest absolute Gasteiger partial charge is 0.262 e. The van der Waals surface area contributed by atoms with Crippen molar-refractivity contribution in [2.24, 2.45) is 0 Å². The molecule has 1 aliphatic heterocycles. The first-order chi connectivity index (χ1) is 15.6. The van der Waals surface area contributed by atoms with Gasteiger partial charge in [-0.2, -0.15) is 0 Å². The summed E-state index contributed by atoms with van der Waals surface area (Å²) in [6, 6.07) is 21.4. The zero-order chi connectivity index (χ0) is 22.2. The first kappa shape index (κ1) is 20.3. The van der Waals surface area contributed by atoms with E-state index in [1.165, 1.54) is 13.2 Å². The van der Waals surface area contributed by atoms with Crippen LogP contribution in [-0.2, 0) is 13.1 Å². The first-order valence-electron chi connectivity index (χ1n) is 10.2. The number of anilines is 1. The Morgan fingerprint density at radius 3 is 2.56 bits per heavy atom. The van der Waals surface area contributed by atoms with Crippen LogP contribution < -0.4 is 9.64 Å². The second kappa shape index (κ2) is 8.17. The molecule has 3 aromatic carbocycles. The number of halogens is 2. The van der Waals surface area contributed by atoms with Gasteiger partial charge in [-0.25, -0.2) is 4.39 Å². The highest BCUT2D eigenvalue weighted by Crippen LogP contribution is 2.37. The molecule has 1 amide bonds. The zero-order valence-corrected chi connectivity index (χ0v) is 18.1. The minimum atomic E-state index is -0.391. The van der Waals surface area contributed by atoms with Crippen LogP contribution >= 0.6 is 11.6 Å². The third-order valence-electron chi connectivity index (χ3n) is 5.80. The fourth-order valence-electron chi connectivity index (χ4n) is 4.19. The summed E-state index contributed by atoms with van der Waals surface area (Å²) >= 11 is 6.55. The lowest BCUT2D eigenvalue weighted by Gasteiger charge is -2.24. The van der Waals surface area contributed by atoms with E-state index in [0.717, 1.165) is 16.9 Å². The summed E-state index contributed by atoms with van der Waals surface area (Å²) in [5, 5.41) is 0.283. The van der Waals surface area contributed by atoms with E-state index in [1.54, 1.807) is 35.2 Å². The Bertz CT molecular complexity index is 1330. The summed E-state index contributed by atoms with van der Waals surface area (Å²) in [5.74, 6) is -0.279. The largest absolute Gasteiger partial charge is 0.496 e. The van der Waals surface area contributed by atoms with E-state index in [4.69, 9.17) is 16.3 Å². The predicted octanol–water partition coefficient (Wildman–Crippen LogP) is 6.16.